The third kappa shape index (κ3) is 5.91. The van der Waals surface area contributed by atoms with Gasteiger partial charge in [-0.3, -0.25) is 4.79 Å². The van der Waals surface area contributed by atoms with E-state index in [-0.39, 0.29) is 16.6 Å². The molecule has 0 unspecified atom stereocenters. The third-order valence-corrected chi connectivity index (χ3v) is 4.61. The number of nitrogens with one attached hydrogen (secondary N) is 1. The molecular formula is C21H19ClF3N3O3. The van der Waals surface area contributed by atoms with Gasteiger partial charge in [0.05, 0.1) is 17.8 Å². The Morgan fingerprint density at radius 2 is 1.87 bits per heavy atom. The summed E-state index contributed by atoms with van der Waals surface area (Å²) in [4.78, 5) is 12.1. The van der Waals surface area contributed by atoms with Crippen LogP contribution in [0.3, 0.4) is 0 Å². The van der Waals surface area contributed by atoms with Crippen molar-refractivity contribution < 1.29 is 27.4 Å². The minimum Gasteiger partial charge on any atom is -0.497 e. The molecule has 0 aliphatic rings. The van der Waals surface area contributed by atoms with Crippen molar-refractivity contribution in [1.29, 1.82) is 0 Å². The first-order valence-corrected chi connectivity index (χ1v) is 9.60. The molecule has 1 amide bonds. The van der Waals surface area contributed by atoms with Gasteiger partial charge >= 0.3 is 6.18 Å². The summed E-state index contributed by atoms with van der Waals surface area (Å²) in [7, 11) is 1.57. The number of ether oxygens (including phenoxy) is 2. The molecule has 0 saturated heterocycles. The second kappa shape index (κ2) is 9.74. The van der Waals surface area contributed by atoms with Crippen LogP contribution in [0, 0.1) is 0 Å². The highest BCUT2D eigenvalue weighted by atomic mass is 35.5. The van der Waals surface area contributed by atoms with Crippen molar-refractivity contribution in [2.75, 3.05) is 20.3 Å². The molecule has 3 rings (SSSR count). The van der Waals surface area contributed by atoms with Crippen molar-refractivity contribution >= 4 is 17.5 Å². The molecule has 0 atom stereocenters. The predicted octanol–water partition coefficient (Wildman–Crippen LogP) is 4.29. The third-order valence-electron chi connectivity index (χ3n) is 4.29. The van der Waals surface area contributed by atoms with Crippen molar-refractivity contribution in [1.82, 2.24) is 15.1 Å². The number of carbonyl (C=O) groups excluding carboxylic acids is 1. The lowest BCUT2D eigenvalue weighted by Crippen LogP contribution is -2.30. The first-order valence-electron chi connectivity index (χ1n) is 9.22. The molecule has 0 saturated carbocycles. The summed E-state index contributed by atoms with van der Waals surface area (Å²) in [6.07, 6.45) is -4.10. The zero-order valence-electron chi connectivity index (χ0n) is 16.4. The molecule has 6 nitrogen and oxygen atoms in total. The monoisotopic (exact) mass is 453 g/mol. The van der Waals surface area contributed by atoms with E-state index < -0.39 is 24.4 Å². The van der Waals surface area contributed by atoms with E-state index in [0.29, 0.717) is 13.0 Å². The maximum absolute atomic E-state index is 13.1. The van der Waals surface area contributed by atoms with Gasteiger partial charge in [-0.15, -0.1) is 0 Å². The van der Waals surface area contributed by atoms with Crippen LogP contribution >= 0.6 is 11.6 Å². The number of benzene rings is 2. The summed E-state index contributed by atoms with van der Waals surface area (Å²) in [6.45, 7) is -0.137. The quantitative estimate of drug-likeness (QED) is 0.552. The van der Waals surface area contributed by atoms with E-state index in [0.717, 1.165) is 22.1 Å². The molecule has 0 bridgehead atoms. The number of nitrogens with zero attached hydrogens (tertiary/aromatic N) is 2. The van der Waals surface area contributed by atoms with Gasteiger partial charge in [-0.05, 0) is 36.2 Å². The number of aromatic nitrogens is 2. The number of hydrogen-bond donors (Lipinski definition) is 1. The van der Waals surface area contributed by atoms with E-state index in [9.17, 15) is 18.0 Å². The van der Waals surface area contributed by atoms with Gasteiger partial charge < -0.3 is 14.8 Å². The number of carbonyl (C=O) groups is 1. The zero-order valence-corrected chi connectivity index (χ0v) is 17.2. The van der Waals surface area contributed by atoms with E-state index in [4.69, 9.17) is 21.1 Å². The van der Waals surface area contributed by atoms with Crippen LogP contribution in [-0.2, 0) is 17.4 Å². The second-order valence-corrected chi connectivity index (χ2v) is 6.87. The Labute approximate surface area is 181 Å². The van der Waals surface area contributed by atoms with Gasteiger partial charge in [0.1, 0.15) is 5.75 Å². The van der Waals surface area contributed by atoms with Gasteiger partial charge in [0.15, 0.2) is 12.3 Å². The van der Waals surface area contributed by atoms with E-state index in [2.05, 4.69) is 10.4 Å². The van der Waals surface area contributed by atoms with Gasteiger partial charge in [0, 0.05) is 12.6 Å². The fourth-order valence-electron chi connectivity index (χ4n) is 2.73. The van der Waals surface area contributed by atoms with Crippen molar-refractivity contribution in [3.05, 3.63) is 70.9 Å². The Balaban J connectivity index is 1.62. The van der Waals surface area contributed by atoms with Gasteiger partial charge in [0.25, 0.3) is 5.91 Å². The molecule has 1 N–H and O–H groups in total. The van der Waals surface area contributed by atoms with Crippen LogP contribution in [0.25, 0.3) is 5.69 Å². The Morgan fingerprint density at radius 1 is 1.16 bits per heavy atom. The Morgan fingerprint density at radius 3 is 2.52 bits per heavy atom. The Bertz CT molecular complexity index is 1040. The van der Waals surface area contributed by atoms with Crippen LogP contribution in [0.5, 0.6) is 11.6 Å². The first kappa shape index (κ1) is 22.5. The smallest absolute Gasteiger partial charge is 0.435 e. The lowest BCUT2D eigenvalue weighted by molar-refractivity contribution is -0.141. The summed E-state index contributed by atoms with van der Waals surface area (Å²) in [5.41, 5.74) is 0.0468. The van der Waals surface area contributed by atoms with Crippen molar-refractivity contribution in [2.45, 2.75) is 12.6 Å². The molecule has 31 heavy (non-hydrogen) atoms. The Kier molecular flexibility index (Phi) is 7.06. The highest BCUT2D eigenvalue weighted by molar-refractivity contribution is 6.32. The predicted molar refractivity (Wildman–Crippen MR) is 109 cm³/mol. The molecular weight excluding hydrogens is 435 g/mol. The minimum atomic E-state index is -4.68. The number of methoxy groups -OCH3 is 1. The number of alkyl halides is 3. The summed E-state index contributed by atoms with van der Waals surface area (Å²) in [5.74, 6) is 0.00857. The fourth-order valence-corrected chi connectivity index (χ4v) is 2.95. The van der Waals surface area contributed by atoms with Crippen LogP contribution in [-0.4, -0.2) is 35.9 Å². The summed E-state index contributed by atoms with van der Waals surface area (Å²) in [6, 6.07) is 14.4. The molecule has 1 heterocycles. The highest BCUT2D eigenvalue weighted by Crippen LogP contribution is 2.33. The average molecular weight is 454 g/mol. The standard InChI is InChI=1S/C21H19ClF3N3O3/c1-30-15-8-6-14(7-9-15)10-11-26-19(29)13-31-20-12-18(21(23,24)25)27-28(20)17-5-3-2-4-16(17)22/h2-9,12H,10-11,13H2,1H3,(H,26,29). The second-order valence-electron chi connectivity index (χ2n) is 6.47. The maximum atomic E-state index is 13.1. The van der Waals surface area contributed by atoms with Crippen LogP contribution in [0.4, 0.5) is 13.2 Å². The van der Waals surface area contributed by atoms with Gasteiger partial charge in [0.2, 0.25) is 5.88 Å². The van der Waals surface area contributed by atoms with E-state index >= 15 is 0 Å². The SMILES string of the molecule is COc1ccc(CCNC(=O)COc2cc(C(F)(F)F)nn2-c2ccccc2Cl)cc1. The first-order chi connectivity index (χ1) is 14.8. The van der Waals surface area contributed by atoms with Crippen LogP contribution in [0.1, 0.15) is 11.3 Å². The molecule has 3 aromatic rings. The molecule has 0 aliphatic heterocycles. The molecule has 0 fully saturated rings. The van der Waals surface area contributed by atoms with Crippen molar-refractivity contribution in [3.63, 3.8) is 0 Å². The van der Waals surface area contributed by atoms with Crippen LogP contribution in [0.15, 0.2) is 54.6 Å². The van der Waals surface area contributed by atoms with Gasteiger partial charge in [-0.2, -0.15) is 23.0 Å². The average Bonchev–Trinajstić information content (AvgIpc) is 3.18. The topological polar surface area (TPSA) is 65.4 Å². The van der Waals surface area contributed by atoms with Crippen molar-refractivity contribution in [2.24, 2.45) is 0 Å². The molecule has 0 radical (unpaired) electrons. The number of hydrogen-bond acceptors (Lipinski definition) is 4. The van der Waals surface area contributed by atoms with Crippen LogP contribution < -0.4 is 14.8 Å². The zero-order chi connectivity index (χ0) is 22.4. The summed E-state index contributed by atoms with van der Waals surface area (Å²) >= 11 is 6.08. The molecule has 1 aromatic heterocycles. The van der Waals surface area contributed by atoms with E-state index in [1.807, 2.05) is 24.3 Å². The fraction of sp³-hybridized carbons (Fsp3) is 0.238. The normalized spacial score (nSPS) is 11.3. The largest absolute Gasteiger partial charge is 0.497 e. The number of amides is 1. The Hall–Kier alpha value is -3.20. The van der Waals surface area contributed by atoms with Crippen molar-refractivity contribution in [3.8, 4) is 17.3 Å². The van der Waals surface area contributed by atoms with Crippen LogP contribution in [0.2, 0.25) is 5.02 Å². The lowest BCUT2D eigenvalue weighted by atomic mass is 10.1. The van der Waals surface area contributed by atoms with E-state index in [1.54, 1.807) is 19.2 Å². The molecule has 164 valence electrons. The number of rotatable bonds is 8. The summed E-state index contributed by atoms with van der Waals surface area (Å²) in [5, 5.41) is 6.40. The number of halogens is 4. The minimum absolute atomic E-state index is 0.188. The molecule has 0 spiro atoms. The maximum Gasteiger partial charge on any atom is 0.435 e. The van der Waals surface area contributed by atoms with Gasteiger partial charge in [-0.1, -0.05) is 35.9 Å². The highest BCUT2D eigenvalue weighted by Gasteiger charge is 2.35. The molecule has 0 aliphatic carbocycles. The van der Waals surface area contributed by atoms with Gasteiger partial charge in [-0.25, -0.2) is 0 Å². The lowest BCUT2D eigenvalue weighted by Gasteiger charge is -2.11. The molecule has 2 aromatic carbocycles. The number of para-hydroxylation sites is 1. The molecule has 10 heteroatoms. The summed E-state index contributed by atoms with van der Waals surface area (Å²) < 4.78 is 50.7. The van der Waals surface area contributed by atoms with E-state index in [1.165, 1.54) is 12.1 Å².